The Morgan fingerprint density at radius 3 is 2.57 bits per heavy atom. The third-order valence-electron chi connectivity index (χ3n) is 4.33. The molecule has 0 saturated heterocycles. The van der Waals surface area contributed by atoms with Crippen molar-refractivity contribution in [3.8, 4) is 17.2 Å². The highest BCUT2D eigenvalue weighted by Crippen LogP contribution is 2.32. The summed E-state index contributed by atoms with van der Waals surface area (Å²) in [5, 5.41) is 2.89. The number of hydrogen-bond acceptors (Lipinski definition) is 4. The van der Waals surface area contributed by atoms with E-state index in [0.29, 0.717) is 29.4 Å². The monoisotopic (exact) mass is 379 g/mol. The zero-order valence-electron chi connectivity index (χ0n) is 15.0. The van der Waals surface area contributed by atoms with Gasteiger partial charge in [-0.05, 0) is 47.5 Å². The van der Waals surface area contributed by atoms with Crippen molar-refractivity contribution in [2.24, 2.45) is 0 Å². The van der Waals surface area contributed by atoms with Gasteiger partial charge >= 0.3 is 0 Å². The highest BCUT2D eigenvalue weighted by Gasteiger charge is 2.15. The number of ether oxygens (including phenoxy) is 3. The van der Waals surface area contributed by atoms with Crippen LogP contribution in [0, 0.1) is 5.82 Å². The maximum absolute atomic E-state index is 13.0. The summed E-state index contributed by atoms with van der Waals surface area (Å²) < 4.78 is 29.4. The summed E-state index contributed by atoms with van der Waals surface area (Å²) in [6.07, 6.45) is 0. The molecule has 1 amide bonds. The Morgan fingerprint density at radius 1 is 0.964 bits per heavy atom. The molecule has 0 aromatic heterocycles. The van der Waals surface area contributed by atoms with Crippen LogP contribution in [0.2, 0.25) is 0 Å². The molecule has 28 heavy (non-hydrogen) atoms. The molecule has 3 aromatic rings. The summed E-state index contributed by atoms with van der Waals surface area (Å²) in [4.78, 5) is 12.6. The minimum atomic E-state index is -0.299. The zero-order valence-corrected chi connectivity index (χ0v) is 15.0. The summed E-state index contributed by atoms with van der Waals surface area (Å²) >= 11 is 0. The molecule has 0 unspecified atom stereocenters. The van der Waals surface area contributed by atoms with E-state index in [9.17, 15) is 9.18 Å². The van der Waals surface area contributed by atoms with E-state index in [1.54, 1.807) is 36.4 Å². The molecule has 3 aromatic carbocycles. The lowest BCUT2D eigenvalue weighted by molar-refractivity contribution is 0.0946. The second kappa shape index (κ2) is 8.00. The van der Waals surface area contributed by atoms with Crippen molar-refractivity contribution < 1.29 is 23.4 Å². The van der Waals surface area contributed by atoms with Gasteiger partial charge in [0, 0.05) is 6.54 Å². The Bertz CT molecular complexity index is 988. The molecule has 1 heterocycles. The van der Waals surface area contributed by atoms with Crippen LogP contribution >= 0.6 is 0 Å². The molecule has 0 aliphatic carbocycles. The van der Waals surface area contributed by atoms with Gasteiger partial charge in [0.25, 0.3) is 5.91 Å². The van der Waals surface area contributed by atoms with Crippen molar-refractivity contribution in [2.75, 3.05) is 6.79 Å². The molecule has 0 fully saturated rings. The van der Waals surface area contributed by atoms with Gasteiger partial charge in [0.15, 0.2) is 11.5 Å². The molecule has 5 nitrogen and oxygen atoms in total. The van der Waals surface area contributed by atoms with E-state index < -0.39 is 0 Å². The van der Waals surface area contributed by atoms with Gasteiger partial charge in [-0.15, -0.1) is 0 Å². The summed E-state index contributed by atoms with van der Waals surface area (Å²) in [5.41, 5.74) is 2.16. The molecule has 1 N–H and O–H groups in total. The number of carbonyl (C=O) groups is 1. The van der Waals surface area contributed by atoms with E-state index in [1.807, 2.05) is 18.2 Å². The van der Waals surface area contributed by atoms with Crippen molar-refractivity contribution in [1.82, 2.24) is 5.32 Å². The van der Waals surface area contributed by atoms with Crippen molar-refractivity contribution in [1.29, 1.82) is 0 Å². The fourth-order valence-electron chi connectivity index (χ4n) is 2.85. The predicted octanol–water partition coefficient (Wildman–Crippen LogP) is 4.06. The molecule has 1 aliphatic rings. The number of carbonyl (C=O) groups excluding carboxylic acids is 1. The first kappa shape index (κ1) is 17.9. The minimum Gasteiger partial charge on any atom is -0.488 e. The van der Waals surface area contributed by atoms with E-state index in [-0.39, 0.29) is 25.1 Å². The minimum absolute atomic E-state index is 0.212. The molecular formula is C22H18FNO4. The molecule has 0 radical (unpaired) electrons. The van der Waals surface area contributed by atoms with E-state index in [1.165, 1.54) is 12.1 Å². The number of rotatable bonds is 6. The Labute approximate surface area is 161 Å². The second-order valence-corrected chi connectivity index (χ2v) is 6.28. The van der Waals surface area contributed by atoms with E-state index >= 15 is 0 Å². The molecule has 142 valence electrons. The third kappa shape index (κ3) is 4.06. The van der Waals surface area contributed by atoms with Gasteiger partial charge in [-0.3, -0.25) is 4.79 Å². The Kier molecular flexibility index (Phi) is 5.10. The topological polar surface area (TPSA) is 56.8 Å². The lowest BCUT2D eigenvalue weighted by atomic mass is 10.1. The van der Waals surface area contributed by atoms with Gasteiger partial charge in [-0.25, -0.2) is 4.39 Å². The van der Waals surface area contributed by atoms with Crippen LogP contribution in [0.3, 0.4) is 0 Å². The lowest BCUT2D eigenvalue weighted by Gasteiger charge is -2.12. The number of fused-ring (bicyclic) bond motifs is 1. The molecule has 0 atom stereocenters. The predicted molar refractivity (Wildman–Crippen MR) is 101 cm³/mol. The highest BCUT2D eigenvalue weighted by atomic mass is 19.1. The van der Waals surface area contributed by atoms with Crippen LogP contribution in [-0.2, 0) is 13.2 Å². The van der Waals surface area contributed by atoms with Gasteiger partial charge in [0.2, 0.25) is 6.79 Å². The number of para-hydroxylation sites is 1. The molecule has 0 saturated carbocycles. The molecule has 6 heteroatoms. The van der Waals surface area contributed by atoms with Crippen molar-refractivity contribution >= 4 is 5.91 Å². The fourth-order valence-corrected chi connectivity index (χ4v) is 2.85. The third-order valence-corrected chi connectivity index (χ3v) is 4.33. The number of benzene rings is 3. The van der Waals surface area contributed by atoms with Crippen LogP contribution in [-0.4, -0.2) is 12.7 Å². The van der Waals surface area contributed by atoms with Crippen molar-refractivity contribution in [3.63, 3.8) is 0 Å². The standard InChI is InChI=1S/C22H18FNO4/c23-17-8-5-15(6-9-17)13-26-19-4-2-1-3-18(19)22(25)24-12-16-7-10-20-21(11-16)28-14-27-20/h1-11H,12-14H2,(H,24,25). The Hall–Kier alpha value is -3.54. The normalized spacial score (nSPS) is 11.9. The van der Waals surface area contributed by atoms with Crippen molar-refractivity contribution in [3.05, 3.63) is 89.2 Å². The van der Waals surface area contributed by atoms with Gasteiger partial charge in [0.05, 0.1) is 5.56 Å². The smallest absolute Gasteiger partial charge is 0.255 e. The van der Waals surface area contributed by atoms with Gasteiger partial charge in [-0.2, -0.15) is 0 Å². The maximum atomic E-state index is 13.0. The van der Waals surface area contributed by atoms with Crippen LogP contribution in [0.25, 0.3) is 0 Å². The summed E-state index contributed by atoms with van der Waals surface area (Å²) in [6.45, 7) is 0.804. The summed E-state index contributed by atoms with van der Waals surface area (Å²) in [6, 6.07) is 18.6. The molecule has 1 aliphatic heterocycles. The zero-order chi connectivity index (χ0) is 19.3. The van der Waals surface area contributed by atoms with Crippen LogP contribution in [0.1, 0.15) is 21.5 Å². The highest BCUT2D eigenvalue weighted by molar-refractivity contribution is 5.96. The molecular weight excluding hydrogens is 361 g/mol. The van der Waals surface area contributed by atoms with E-state index in [2.05, 4.69) is 5.32 Å². The second-order valence-electron chi connectivity index (χ2n) is 6.28. The average Bonchev–Trinajstić information content (AvgIpc) is 3.20. The van der Waals surface area contributed by atoms with Crippen LogP contribution in [0.5, 0.6) is 17.2 Å². The molecule has 0 spiro atoms. The van der Waals surface area contributed by atoms with Crippen LogP contribution in [0.4, 0.5) is 4.39 Å². The number of nitrogens with one attached hydrogen (secondary N) is 1. The number of hydrogen-bond donors (Lipinski definition) is 1. The SMILES string of the molecule is O=C(NCc1ccc2c(c1)OCO2)c1ccccc1OCc1ccc(F)cc1. The quantitative estimate of drug-likeness (QED) is 0.702. The first-order valence-electron chi connectivity index (χ1n) is 8.82. The van der Waals surface area contributed by atoms with Gasteiger partial charge in [-0.1, -0.05) is 30.3 Å². The summed E-state index contributed by atoms with van der Waals surface area (Å²) in [5.74, 6) is 1.30. The van der Waals surface area contributed by atoms with E-state index in [0.717, 1.165) is 11.1 Å². The Morgan fingerprint density at radius 2 is 1.71 bits per heavy atom. The van der Waals surface area contributed by atoms with Gasteiger partial charge < -0.3 is 19.5 Å². The summed E-state index contributed by atoms with van der Waals surface area (Å²) in [7, 11) is 0. The first-order valence-corrected chi connectivity index (χ1v) is 8.82. The maximum Gasteiger partial charge on any atom is 0.255 e. The number of amides is 1. The Balaban J connectivity index is 1.40. The lowest BCUT2D eigenvalue weighted by Crippen LogP contribution is -2.23. The van der Waals surface area contributed by atoms with Crippen molar-refractivity contribution in [2.45, 2.75) is 13.2 Å². The molecule has 4 rings (SSSR count). The number of halogens is 1. The largest absolute Gasteiger partial charge is 0.488 e. The van der Waals surface area contributed by atoms with Gasteiger partial charge in [0.1, 0.15) is 18.2 Å². The molecule has 0 bridgehead atoms. The first-order chi connectivity index (χ1) is 13.7. The average molecular weight is 379 g/mol. The van der Waals surface area contributed by atoms with Crippen LogP contribution in [0.15, 0.2) is 66.7 Å². The van der Waals surface area contributed by atoms with E-state index in [4.69, 9.17) is 14.2 Å². The fraction of sp³-hybridized carbons (Fsp3) is 0.136. The van der Waals surface area contributed by atoms with Crippen LogP contribution < -0.4 is 19.5 Å².